The number of hydrogen-bond acceptors (Lipinski definition) is 6. The quantitative estimate of drug-likeness (QED) is 0.839. The fraction of sp³-hybridized carbons (Fsp3) is 0.273. The molecule has 0 radical (unpaired) electrons. The summed E-state index contributed by atoms with van der Waals surface area (Å²) >= 11 is 3.47. The van der Waals surface area contributed by atoms with Crippen LogP contribution in [0.1, 0.15) is 5.56 Å². The number of aliphatic imine (C=N–C) groups is 1. The van der Waals surface area contributed by atoms with Gasteiger partial charge in [0.1, 0.15) is 11.7 Å². The maximum Gasteiger partial charge on any atom is 0.414 e. The molecule has 0 unspecified atom stereocenters. The minimum Gasteiger partial charge on any atom is -0.374 e. The lowest BCUT2D eigenvalue weighted by molar-refractivity contribution is 0.199. The van der Waals surface area contributed by atoms with Gasteiger partial charge in [0.15, 0.2) is 0 Å². The molecule has 1 aromatic rings. The van der Waals surface area contributed by atoms with E-state index in [4.69, 9.17) is 4.74 Å². The van der Waals surface area contributed by atoms with Gasteiger partial charge in [-0.1, -0.05) is 0 Å². The molecule has 19 heavy (non-hydrogen) atoms. The van der Waals surface area contributed by atoms with E-state index in [2.05, 4.69) is 36.2 Å². The summed E-state index contributed by atoms with van der Waals surface area (Å²) in [6.45, 7) is 1.47. The third-order valence-electron chi connectivity index (χ3n) is 2.75. The highest BCUT2D eigenvalue weighted by Gasteiger charge is 2.28. The van der Waals surface area contributed by atoms with Crippen LogP contribution in [-0.4, -0.2) is 42.0 Å². The first-order valence-electron chi connectivity index (χ1n) is 5.65. The normalized spacial score (nSPS) is 16.2. The Kier molecular flexibility index (Phi) is 2.94. The number of amides is 1. The maximum atomic E-state index is 11.2. The second-order valence-corrected chi connectivity index (χ2v) is 4.77. The molecule has 0 saturated carbocycles. The summed E-state index contributed by atoms with van der Waals surface area (Å²) in [6, 6.07) is 0.0239. The van der Waals surface area contributed by atoms with Crippen molar-refractivity contribution in [1.82, 2.24) is 15.3 Å². The second kappa shape index (κ2) is 4.61. The Morgan fingerprint density at radius 2 is 2.42 bits per heavy atom. The first-order chi connectivity index (χ1) is 9.19. The Morgan fingerprint density at radius 1 is 1.58 bits per heavy atom. The van der Waals surface area contributed by atoms with Crippen molar-refractivity contribution in [2.24, 2.45) is 4.99 Å². The van der Waals surface area contributed by atoms with Crippen molar-refractivity contribution in [1.29, 1.82) is 0 Å². The third kappa shape index (κ3) is 2.07. The van der Waals surface area contributed by atoms with Gasteiger partial charge in [0.2, 0.25) is 0 Å². The number of ether oxygens (including phenoxy) is 1. The molecule has 98 valence electrons. The molecule has 0 saturated heterocycles. The van der Waals surface area contributed by atoms with Crippen LogP contribution < -0.4 is 15.0 Å². The molecule has 0 fully saturated rings. The summed E-state index contributed by atoms with van der Waals surface area (Å²) in [5, 5.41) is 2.35. The van der Waals surface area contributed by atoms with E-state index in [1.165, 1.54) is 7.05 Å². The average Bonchev–Trinajstić information content (AvgIpc) is 2.89. The van der Waals surface area contributed by atoms with E-state index < -0.39 is 6.09 Å². The Balaban J connectivity index is 1.99. The van der Waals surface area contributed by atoms with E-state index in [-0.39, 0.29) is 6.01 Å². The second-order valence-electron chi connectivity index (χ2n) is 3.92. The standard InChI is InChI=1S/C11H10BrN5O2/c1-13-11(18)19-10-15-5-6-4-7(12)9-14-2-3-17(9)8(6)16-10/h4-5H,2-3H2,1H3,(H,13,18). The summed E-state index contributed by atoms with van der Waals surface area (Å²) < 4.78 is 5.84. The fourth-order valence-electron chi connectivity index (χ4n) is 1.93. The Morgan fingerprint density at radius 3 is 3.21 bits per heavy atom. The number of anilines is 1. The molecular formula is C11H10BrN5O2. The summed E-state index contributed by atoms with van der Waals surface area (Å²) in [4.78, 5) is 25.8. The van der Waals surface area contributed by atoms with Gasteiger partial charge in [-0.25, -0.2) is 9.78 Å². The molecule has 8 heteroatoms. The number of fused-ring (bicyclic) bond motifs is 3. The van der Waals surface area contributed by atoms with Crippen LogP contribution in [0.3, 0.4) is 0 Å². The molecule has 2 aliphatic rings. The zero-order valence-electron chi connectivity index (χ0n) is 10.1. The van der Waals surface area contributed by atoms with Gasteiger partial charge in [-0.2, -0.15) is 4.98 Å². The number of nitrogens with one attached hydrogen (secondary N) is 1. The van der Waals surface area contributed by atoms with Crippen LogP contribution in [0, 0.1) is 0 Å². The molecule has 0 atom stereocenters. The summed E-state index contributed by atoms with van der Waals surface area (Å²) in [5.41, 5.74) is 0.858. The van der Waals surface area contributed by atoms with Crippen molar-refractivity contribution in [3.8, 4) is 6.01 Å². The summed E-state index contributed by atoms with van der Waals surface area (Å²) in [5.74, 6) is 1.55. The number of carbonyl (C=O) groups is 1. The van der Waals surface area contributed by atoms with Gasteiger partial charge in [0.05, 0.1) is 11.0 Å². The molecule has 3 heterocycles. The first kappa shape index (κ1) is 12.1. The van der Waals surface area contributed by atoms with Gasteiger partial charge in [-0.15, -0.1) is 0 Å². The van der Waals surface area contributed by atoms with Crippen molar-refractivity contribution in [3.05, 3.63) is 16.2 Å². The zero-order valence-corrected chi connectivity index (χ0v) is 11.6. The van der Waals surface area contributed by atoms with Crippen molar-refractivity contribution < 1.29 is 9.53 Å². The van der Waals surface area contributed by atoms with Crippen LogP contribution in [-0.2, 0) is 0 Å². The zero-order chi connectivity index (χ0) is 13.4. The average molecular weight is 324 g/mol. The Labute approximate surface area is 117 Å². The predicted octanol–water partition coefficient (Wildman–Crippen LogP) is 1.16. The van der Waals surface area contributed by atoms with Crippen LogP contribution in [0.4, 0.5) is 10.6 Å². The lowest BCUT2D eigenvalue weighted by Gasteiger charge is -2.24. The molecule has 1 aromatic heterocycles. The van der Waals surface area contributed by atoms with E-state index in [1.807, 2.05) is 11.0 Å². The monoisotopic (exact) mass is 323 g/mol. The van der Waals surface area contributed by atoms with Crippen LogP contribution in [0.25, 0.3) is 6.08 Å². The number of halogens is 1. The highest BCUT2D eigenvalue weighted by atomic mass is 79.9. The largest absolute Gasteiger partial charge is 0.414 e. The maximum absolute atomic E-state index is 11.2. The molecule has 3 rings (SSSR count). The molecular weight excluding hydrogens is 314 g/mol. The molecule has 1 amide bonds. The van der Waals surface area contributed by atoms with Crippen molar-refractivity contribution in [3.63, 3.8) is 0 Å². The minimum absolute atomic E-state index is 0.0239. The van der Waals surface area contributed by atoms with Gasteiger partial charge in [-0.05, 0) is 22.0 Å². The number of amidine groups is 1. The van der Waals surface area contributed by atoms with Gasteiger partial charge in [0, 0.05) is 25.4 Å². The Bertz CT molecular complexity index is 613. The van der Waals surface area contributed by atoms with E-state index in [0.29, 0.717) is 12.4 Å². The van der Waals surface area contributed by atoms with Crippen LogP contribution in [0.15, 0.2) is 15.7 Å². The summed E-state index contributed by atoms with van der Waals surface area (Å²) in [6.07, 6.45) is 2.93. The molecule has 0 bridgehead atoms. The van der Waals surface area contributed by atoms with Crippen molar-refractivity contribution in [2.45, 2.75) is 0 Å². The SMILES string of the molecule is CNC(=O)Oc1ncc2c(n1)N1CCN=C1C(Br)=C2. The van der Waals surface area contributed by atoms with Gasteiger partial charge in [0.25, 0.3) is 0 Å². The van der Waals surface area contributed by atoms with Crippen LogP contribution in [0.5, 0.6) is 6.01 Å². The minimum atomic E-state index is -0.595. The summed E-state index contributed by atoms with van der Waals surface area (Å²) in [7, 11) is 1.48. The van der Waals surface area contributed by atoms with Gasteiger partial charge >= 0.3 is 12.1 Å². The van der Waals surface area contributed by atoms with Crippen LogP contribution >= 0.6 is 15.9 Å². The van der Waals surface area contributed by atoms with Crippen molar-refractivity contribution >= 4 is 39.8 Å². The van der Waals surface area contributed by atoms with E-state index in [0.717, 1.165) is 22.4 Å². The number of aromatic nitrogens is 2. The van der Waals surface area contributed by atoms with Crippen LogP contribution in [0.2, 0.25) is 0 Å². The molecule has 0 aromatic carbocycles. The van der Waals surface area contributed by atoms with E-state index in [1.54, 1.807) is 6.20 Å². The highest BCUT2D eigenvalue weighted by Crippen LogP contribution is 2.33. The smallest absolute Gasteiger partial charge is 0.374 e. The molecule has 0 aliphatic carbocycles. The van der Waals surface area contributed by atoms with Gasteiger partial charge in [-0.3, -0.25) is 4.99 Å². The number of rotatable bonds is 1. The first-order valence-corrected chi connectivity index (χ1v) is 6.44. The topological polar surface area (TPSA) is 79.7 Å². The molecule has 7 nitrogen and oxygen atoms in total. The highest BCUT2D eigenvalue weighted by molar-refractivity contribution is 9.12. The Hall–Kier alpha value is -1.96. The fourth-order valence-corrected chi connectivity index (χ4v) is 2.51. The number of hydrogen-bond donors (Lipinski definition) is 1. The van der Waals surface area contributed by atoms with Gasteiger partial charge < -0.3 is 15.0 Å². The number of nitrogens with zero attached hydrogens (tertiary/aromatic N) is 4. The van der Waals surface area contributed by atoms with Crippen molar-refractivity contribution in [2.75, 3.05) is 25.0 Å². The lowest BCUT2D eigenvalue weighted by atomic mass is 10.2. The van der Waals surface area contributed by atoms with E-state index in [9.17, 15) is 4.79 Å². The van der Waals surface area contributed by atoms with E-state index >= 15 is 0 Å². The third-order valence-corrected chi connectivity index (χ3v) is 3.34. The number of carbonyl (C=O) groups excluding carboxylic acids is 1. The molecule has 2 aliphatic heterocycles. The lowest BCUT2D eigenvalue weighted by Crippen LogP contribution is -2.32. The molecule has 1 N–H and O–H groups in total. The molecule has 0 spiro atoms. The predicted molar refractivity (Wildman–Crippen MR) is 73.7 cm³/mol.